The molecule has 3 nitrogen and oxygen atoms in total. The minimum Gasteiger partial charge on any atom is -0.383 e. The molecule has 1 aliphatic rings. The summed E-state index contributed by atoms with van der Waals surface area (Å²) >= 11 is 6.08. The van der Waals surface area contributed by atoms with Crippen LogP contribution < -0.4 is 10.6 Å². The number of rotatable bonds is 7. The van der Waals surface area contributed by atoms with Crippen LogP contribution in [0.15, 0.2) is 42.5 Å². The summed E-state index contributed by atoms with van der Waals surface area (Å²) in [5.74, 6) is 0. The van der Waals surface area contributed by atoms with E-state index >= 15 is 0 Å². The monoisotopic (exact) mass is 330 g/mol. The minimum absolute atomic E-state index is 0.345. The van der Waals surface area contributed by atoms with E-state index < -0.39 is 0 Å². The van der Waals surface area contributed by atoms with E-state index in [0.717, 1.165) is 49.0 Å². The number of ether oxygens (including phenoxy) is 1. The van der Waals surface area contributed by atoms with Gasteiger partial charge in [0.25, 0.3) is 0 Å². The molecule has 0 saturated carbocycles. The zero-order valence-corrected chi connectivity index (χ0v) is 14.2. The molecule has 122 valence electrons. The first-order chi connectivity index (χ1) is 11.3. The summed E-state index contributed by atoms with van der Waals surface area (Å²) in [5, 5.41) is 7.80. The Hall–Kier alpha value is -1.71. The molecule has 23 heavy (non-hydrogen) atoms. The molecule has 1 unspecified atom stereocenters. The number of halogens is 1. The van der Waals surface area contributed by atoms with Gasteiger partial charge in [0.05, 0.1) is 12.6 Å². The fourth-order valence-electron chi connectivity index (χ4n) is 3.05. The summed E-state index contributed by atoms with van der Waals surface area (Å²) in [6.45, 7) is 4.34. The van der Waals surface area contributed by atoms with Crippen LogP contribution in [0.25, 0.3) is 0 Å². The number of hydrogen-bond donors (Lipinski definition) is 2. The molecular formula is C19H23ClN2O. The normalized spacial score (nSPS) is 16.2. The van der Waals surface area contributed by atoms with Crippen molar-refractivity contribution in [3.8, 4) is 0 Å². The highest BCUT2D eigenvalue weighted by atomic mass is 35.5. The molecule has 1 aliphatic carbocycles. The van der Waals surface area contributed by atoms with Gasteiger partial charge in [0.2, 0.25) is 0 Å². The van der Waals surface area contributed by atoms with Crippen LogP contribution in [0.3, 0.4) is 0 Å². The van der Waals surface area contributed by atoms with Crippen LogP contribution in [0.4, 0.5) is 11.4 Å². The van der Waals surface area contributed by atoms with E-state index in [1.54, 1.807) is 0 Å². The molecule has 2 aromatic rings. The molecule has 3 rings (SSSR count). The Kier molecular flexibility index (Phi) is 5.42. The second-order valence-electron chi connectivity index (χ2n) is 5.78. The first-order valence-corrected chi connectivity index (χ1v) is 8.60. The highest BCUT2D eigenvalue weighted by Crippen LogP contribution is 2.35. The van der Waals surface area contributed by atoms with Crippen LogP contribution in [-0.2, 0) is 11.2 Å². The van der Waals surface area contributed by atoms with E-state index in [4.69, 9.17) is 16.3 Å². The Balaban J connectivity index is 1.68. The molecule has 2 N–H and O–H groups in total. The third kappa shape index (κ3) is 4.18. The van der Waals surface area contributed by atoms with Crippen molar-refractivity contribution in [3.63, 3.8) is 0 Å². The lowest BCUT2D eigenvalue weighted by molar-refractivity contribution is 0.158. The van der Waals surface area contributed by atoms with E-state index in [1.165, 1.54) is 11.1 Å². The largest absolute Gasteiger partial charge is 0.383 e. The van der Waals surface area contributed by atoms with Gasteiger partial charge in [-0.2, -0.15) is 0 Å². The predicted octanol–water partition coefficient (Wildman–Crippen LogP) is 4.89. The third-order valence-corrected chi connectivity index (χ3v) is 4.40. The van der Waals surface area contributed by atoms with Crippen LogP contribution >= 0.6 is 11.6 Å². The smallest absolute Gasteiger partial charge is 0.0638 e. The third-order valence-electron chi connectivity index (χ3n) is 4.17. The van der Waals surface area contributed by atoms with Crippen molar-refractivity contribution in [2.75, 3.05) is 30.4 Å². The fraction of sp³-hybridized carbons (Fsp3) is 0.368. The number of nitrogens with one attached hydrogen (secondary N) is 2. The van der Waals surface area contributed by atoms with Crippen LogP contribution in [-0.4, -0.2) is 19.8 Å². The number of hydrogen-bond acceptors (Lipinski definition) is 3. The van der Waals surface area contributed by atoms with Crippen molar-refractivity contribution in [2.24, 2.45) is 0 Å². The Labute approximate surface area is 143 Å². The van der Waals surface area contributed by atoms with E-state index in [-0.39, 0.29) is 0 Å². The van der Waals surface area contributed by atoms with Crippen molar-refractivity contribution in [1.29, 1.82) is 0 Å². The van der Waals surface area contributed by atoms with Gasteiger partial charge < -0.3 is 15.4 Å². The molecule has 0 saturated heterocycles. The summed E-state index contributed by atoms with van der Waals surface area (Å²) in [6.07, 6.45) is 2.23. The zero-order chi connectivity index (χ0) is 16.1. The summed E-state index contributed by atoms with van der Waals surface area (Å²) in [7, 11) is 0. The van der Waals surface area contributed by atoms with Crippen LogP contribution in [0, 0.1) is 0 Å². The summed E-state index contributed by atoms with van der Waals surface area (Å²) in [6, 6.07) is 14.9. The fourth-order valence-corrected chi connectivity index (χ4v) is 3.24. The SMILES string of the molecule is CCOCCNc1ccc2c(c1)C(Nc1cccc(Cl)c1)CC2. The lowest BCUT2D eigenvalue weighted by atomic mass is 10.1. The number of anilines is 2. The Bertz CT molecular complexity index is 660. The Morgan fingerprint density at radius 3 is 2.91 bits per heavy atom. The molecule has 0 spiro atoms. The average Bonchev–Trinajstić information content (AvgIpc) is 2.94. The number of fused-ring (bicyclic) bond motifs is 1. The molecule has 2 aromatic carbocycles. The summed E-state index contributed by atoms with van der Waals surface area (Å²) < 4.78 is 5.37. The maximum atomic E-state index is 6.08. The van der Waals surface area contributed by atoms with Gasteiger partial charge in [-0.05, 0) is 61.2 Å². The molecule has 0 aliphatic heterocycles. The van der Waals surface area contributed by atoms with Gasteiger partial charge in [0.15, 0.2) is 0 Å². The van der Waals surface area contributed by atoms with Crippen LogP contribution in [0.2, 0.25) is 5.02 Å². The highest BCUT2D eigenvalue weighted by molar-refractivity contribution is 6.30. The van der Waals surface area contributed by atoms with Gasteiger partial charge in [-0.25, -0.2) is 0 Å². The van der Waals surface area contributed by atoms with Crippen molar-refractivity contribution >= 4 is 23.0 Å². The number of aryl methyl sites for hydroxylation is 1. The second-order valence-corrected chi connectivity index (χ2v) is 6.22. The van der Waals surface area contributed by atoms with Crippen LogP contribution in [0.5, 0.6) is 0 Å². The molecule has 0 aromatic heterocycles. The van der Waals surface area contributed by atoms with Gasteiger partial charge in [0.1, 0.15) is 0 Å². The molecule has 1 atom stereocenters. The molecule has 0 amide bonds. The topological polar surface area (TPSA) is 33.3 Å². The lowest BCUT2D eigenvalue weighted by Gasteiger charge is -2.17. The highest BCUT2D eigenvalue weighted by Gasteiger charge is 2.22. The van der Waals surface area contributed by atoms with Gasteiger partial charge in [0, 0.05) is 29.5 Å². The molecule has 4 heteroatoms. The Morgan fingerprint density at radius 2 is 2.09 bits per heavy atom. The molecule has 0 bridgehead atoms. The van der Waals surface area contributed by atoms with Crippen molar-refractivity contribution in [1.82, 2.24) is 0 Å². The van der Waals surface area contributed by atoms with Gasteiger partial charge in [-0.15, -0.1) is 0 Å². The molecule has 0 heterocycles. The standard InChI is InChI=1S/C19H23ClN2O/c1-2-23-11-10-21-16-8-6-14-7-9-19(18(14)13-16)22-17-5-3-4-15(20)12-17/h3-6,8,12-13,19,21-22H,2,7,9-11H2,1H3. The van der Waals surface area contributed by atoms with Crippen molar-refractivity contribution in [2.45, 2.75) is 25.8 Å². The maximum Gasteiger partial charge on any atom is 0.0638 e. The number of benzene rings is 2. The zero-order valence-electron chi connectivity index (χ0n) is 13.4. The molecule has 0 radical (unpaired) electrons. The van der Waals surface area contributed by atoms with E-state index in [1.807, 2.05) is 25.1 Å². The van der Waals surface area contributed by atoms with Crippen molar-refractivity contribution < 1.29 is 4.74 Å². The van der Waals surface area contributed by atoms with E-state index in [9.17, 15) is 0 Å². The van der Waals surface area contributed by atoms with Crippen LogP contribution in [0.1, 0.15) is 30.5 Å². The Morgan fingerprint density at radius 1 is 1.17 bits per heavy atom. The van der Waals surface area contributed by atoms with Crippen molar-refractivity contribution in [3.05, 3.63) is 58.6 Å². The van der Waals surface area contributed by atoms with Gasteiger partial charge >= 0.3 is 0 Å². The summed E-state index contributed by atoms with van der Waals surface area (Å²) in [5.41, 5.74) is 5.04. The summed E-state index contributed by atoms with van der Waals surface area (Å²) in [4.78, 5) is 0. The van der Waals surface area contributed by atoms with E-state index in [0.29, 0.717) is 6.04 Å². The first-order valence-electron chi connectivity index (χ1n) is 8.23. The quantitative estimate of drug-likeness (QED) is 0.709. The maximum absolute atomic E-state index is 6.08. The van der Waals surface area contributed by atoms with Gasteiger partial charge in [-0.3, -0.25) is 0 Å². The molecular weight excluding hydrogens is 308 g/mol. The van der Waals surface area contributed by atoms with E-state index in [2.05, 4.69) is 34.9 Å². The minimum atomic E-state index is 0.345. The second kappa shape index (κ2) is 7.71. The van der Waals surface area contributed by atoms with Gasteiger partial charge in [-0.1, -0.05) is 23.7 Å². The lowest BCUT2D eigenvalue weighted by Crippen LogP contribution is -2.10. The first kappa shape index (κ1) is 16.2. The average molecular weight is 331 g/mol. The molecule has 0 fully saturated rings. The predicted molar refractivity (Wildman–Crippen MR) is 97.6 cm³/mol.